The zero-order valence-electron chi connectivity index (χ0n) is 16.3. The Kier molecular flexibility index (Phi) is 6.24. The number of piperazine rings is 1. The van der Waals surface area contributed by atoms with Crippen LogP contribution in [0.2, 0.25) is 0 Å². The number of aromatic nitrogens is 1. The molecule has 0 atom stereocenters. The van der Waals surface area contributed by atoms with Crippen LogP contribution in [0.3, 0.4) is 0 Å². The van der Waals surface area contributed by atoms with Crippen LogP contribution in [0, 0.1) is 0 Å². The molecule has 29 heavy (non-hydrogen) atoms. The van der Waals surface area contributed by atoms with Crippen molar-refractivity contribution in [3.8, 4) is 17.2 Å². The molecule has 3 heterocycles. The largest absolute Gasteiger partial charge is 0.495 e. The lowest BCUT2D eigenvalue weighted by Crippen LogP contribution is -2.48. The number of furan rings is 1. The van der Waals surface area contributed by atoms with Gasteiger partial charge in [0.05, 0.1) is 32.1 Å². The molecule has 1 aromatic carbocycles. The average molecular weight is 413 g/mol. The van der Waals surface area contributed by atoms with Crippen LogP contribution < -0.4 is 10.1 Å². The first-order valence-electron chi connectivity index (χ1n) is 9.57. The zero-order chi connectivity index (χ0) is 20.1. The van der Waals surface area contributed by atoms with Crippen molar-refractivity contribution in [2.24, 2.45) is 0 Å². The summed E-state index contributed by atoms with van der Waals surface area (Å²) in [6, 6.07) is 11.2. The van der Waals surface area contributed by atoms with Gasteiger partial charge in [-0.25, -0.2) is 4.98 Å². The molecule has 0 unspecified atom stereocenters. The maximum Gasteiger partial charge on any atom is 0.238 e. The molecule has 7 nitrogen and oxygen atoms in total. The van der Waals surface area contributed by atoms with Crippen molar-refractivity contribution < 1.29 is 13.9 Å². The fraction of sp³-hybridized carbons (Fsp3) is 0.333. The van der Waals surface area contributed by atoms with Crippen molar-refractivity contribution in [3.63, 3.8) is 0 Å². The number of carbonyl (C=O) groups excluding carboxylic acids is 1. The summed E-state index contributed by atoms with van der Waals surface area (Å²) >= 11 is 1.66. The minimum Gasteiger partial charge on any atom is -0.495 e. The summed E-state index contributed by atoms with van der Waals surface area (Å²) in [7, 11) is 1.60. The lowest BCUT2D eigenvalue weighted by molar-refractivity contribution is -0.117. The van der Waals surface area contributed by atoms with E-state index >= 15 is 0 Å². The minimum atomic E-state index is -0.0223. The van der Waals surface area contributed by atoms with Gasteiger partial charge in [0, 0.05) is 31.6 Å². The molecule has 1 amide bonds. The Morgan fingerprint density at radius 1 is 1.17 bits per heavy atom. The highest BCUT2D eigenvalue weighted by Gasteiger charge is 2.20. The lowest BCUT2D eigenvalue weighted by Gasteiger charge is -2.33. The van der Waals surface area contributed by atoms with Crippen LogP contribution in [-0.2, 0) is 11.3 Å². The summed E-state index contributed by atoms with van der Waals surface area (Å²) in [5, 5.41) is 6.06. The number of benzene rings is 1. The Bertz CT molecular complexity index is 933. The number of amides is 1. The summed E-state index contributed by atoms with van der Waals surface area (Å²) in [6.07, 6.45) is 1.66. The van der Waals surface area contributed by atoms with Crippen LogP contribution in [0.1, 0.15) is 5.01 Å². The van der Waals surface area contributed by atoms with Gasteiger partial charge in [0.1, 0.15) is 16.5 Å². The first-order valence-corrected chi connectivity index (χ1v) is 10.4. The van der Waals surface area contributed by atoms with Crippen molar-refractivity contribution in [1.82, 2.24) is 14.8 Å². The average Bonchev–Trinajstić information content (AvgIpc) is 3.42. The van der Waals surface area contributed by atoms with E-state index in [4.69, 9.17) is 9.15 Å². The number of para-hydroxylation sites is 2. The Morgan fingerprint density at radius 3 is 2.72 bits per heavy atom. The molecule has 0 radical (unpaired) electrons. The van der Waals surface area contributed by atoms with E-state index in [1.165, 1.54) is 0 Å². The number of nitrogens with one attached hydrogen (secondary N) is 1. The summed E-state index contributed by atoms with van der Waals surface area (Å²) in [4.78, 5) is 21.6. The number of ether oxygens (including phenoxy) is 1. The third-order valence-corrected chi connectivity index (χ3v) is 5.73. The Labute approximate surface area is 173 Å². The third-order valence-electron chi connectivity index (χ3n) is 4.90. The molecule has 0 saturated carbocycles. The fourth-order valence-corrected chi connectivity index (χ4v) is 4.18. The van der Waals surface area contributed by atoms with Gasteiger partial charge in [-0.1, -0.05) is 12.1 Å². The summed E-state index contributed by atoms with van der Waals surface area (Å²) in [5.74, 6) is 1.45. The molecule has 4 rings (SSSR count). The molecule has 0 spiro atoms. The molecule has 8 heteroatoms. The van der Waals surface area contributed by atoms with E-state index in [0.717, 1.165) is 49.2 Å². The summed E-state index contributed by atoms with van der Waals surface area (Å²) < 4.78 is 10.7. The summed E-state index contributed by atoms with van der Waals surface area (Å²) in [5.41, 5.74) is 1.59. The molecule has 0 aliphatic carbocycles. The molecule has 1 saturated heterocycles. The predicted octanol–water partition coefficient (Wildman–Crippen LogP) is 3.17. The molecule has 2 aromatic heterocycles. The van der Waals surface area contributed by atoms with Gasteiger partial charge < -0.3 is 14.5 Å². The van der Waals surface area contributed by atoms with Gasteiger partial charge in [-0.15, -0.1) is 11.3 Å². The van der Waals surface area contributed by atoms with Crippen LogP contribution in [-0.4, -0.2) is 60.5 Å². The maximum absolute atomic E-state index is 12.4. The molecule has 1 N–H and O–H groups in total. The number of carbonyl (C=O) groups is 1. The molecule has 152 valence electrons. The standard InChI is InChI=1S/C21H24N4O3S/c1-27-18-6-3-2-5-16(18)22-20(26)13-24-8-10-25(11-9-24)14-21-23-17(15-29-21)19-7-4-12-28-19/h2-7,12,15H,8-11,13-14H2,1H3,(H,22,26). The van der Waals surface area contributed by atoms with E-state index in [-0.39, 0.29) is 5.91 Å². The molecule has 1 aliphatic rings. The number of rotatable bonds is 7. The molecule has 1 fully saturated rings. The van der Waals surface area contributed by atoms with Crippen molar-refractivity contribution in [1.29, 1.82) is 0 Å². The number of nitrogens with zero attached hydrogens (tertiary/aromatic N) is 3. The van der Waals surface area contributed by atoms with Crippen molar-refractivity contribution in [3.05, 3.63) is 53.0 Å². The van der Waals surface area contributed by atoms with Crippen LogP contribution in [0.25, 0.3) is 11.5 Å². The number of thiazole rings is 1. The number of anilines is 1. The van der Waals surface area contributed by atoms with Gasteiger partial charge in [0.25, 0.3) is 0 Å². The zero-order valence-corrected chi connectivity index (χ0v) is 17.2. The highest BCUT2D eigenvalue weighted by Crippen LogP contribution is 2.24. The predicted molar refractivity (Wildman–Crippen MR) is 113 cm³/mol. The van der Waals surface area contributed by atoms with E-state index in [9.17, 15) is 4.79 Å². The SMILES string of the molecule is COc1ccccc1NC(=O)CN1CCN(Cc2nc(-c3ccco3)cs2)CC1. The van der Waals surface area contributed by atoms with E-state index in [0.29, 0.717) is 18.0 Å². The summed E-state index contributed by atoms with van der Waals surface area (Å²) in [6.45, 7) is 4.75. The Balaban J connectivity index is 1.24. The number of methoxy groups -OCH3 is 1. The van der Waals surface area contributed by atoms with E-state index < -0.39 is 0 Å². The molecular formula is C21H24N4O3S. The van der Waals surface area contributed by atoms with Crippen LogP contribution in [0.15, 0.2) is 52.5 Å². The second-order valence-electron chi connectivity index (χ2n) is 6.90. The normalized spacial score (nSPS) is 15.3. The molecular weight excluding hydrogens is 388 g/mol. The fourth-order valence-electron chi connectivity index (χ4n) is 3.36. The second-order valence-corrected chi connectivity index (χ2v) is 7.85. The van der Waals surface area contributed by atoms with Gasteiger partial charge in [0.15, 0.2) is 5.76 Å². The number of hydrogen-bond acceptors (Lipinski definition) is 7. The minimum absolute atomic E-state index is 0.0223. The first-order chi connectivity index (χ1) is 14.2. The molecule has 3 aromatic rings. The van der Waals surface area contributed by atoms with Gasteiger partial charge in [0.2, 0.25) is 5.91 Å². The highest BCUT2D eigenvalue weighted by molar-refractivity contribution is 7.09. The first kappa shape index (κ1) is 19.6. The van der Waals surface area contributed by atoms with E-state index in [1.807, 2.05) is 41.8 Å². The topological polar surface area (TPSA) is 70.8 Å². The van der Waals surface area contributed by atoms with Crippen LogP contribution in [0.5, 0.6) is 5.75 Å². The van der Waals surface area contributed by atoms with Gasteiger partial charge in [-0.05, 0) is 24.3 Å². The van der Waals surface area contributed by atoms with E-state index in [2.05, 4.69) is 20.1 Å². The van der Waals surface area contributed by atoms with Crippen molar-refractivity contribution in [2.45, 2.75) is 6.54 Å². The highest BCUT2D eigenvalue weighted by atomic mass is 32.1. The smallest absolute Gasteiger partial charge is 0.238 e. The lowest BCUT2D eigenvalue weighted by atomic mass is 10.2. The van der Waals surface area contributed by atoms with Crippen molar-refractivity contribution in [2.75, 3.05) is 45.2 Å². The van der Waals surface area contributed by atoms with Gasteiger partial charge in [-0.3, -0.25) is 14.6 Å². The maximum atomic E-state index is 12.4. The second kappa shape index (κ2) is 9.21. The Morgan fingerprint density at radius 2 is 1.97 bits per heavy atom. The van der Waals surface area contributed by atoms with Gasteiger partial charge >= 0.3 is 0 Å². The molecule has 0 bridgehead atoms. The molecule has 1 aliphatic heterocycles. The third kappa shape index (κ3) is 5.03. The van der Waals surface area contributed by atoms with Gasteiger partial charge in [-0.2, -0.15) is 0 Å². The monoisotopic (exact) mass is 412 g/mol. The Hall–Kier alpha value is -2.68. The van der Waals surface area contributed by atoms with E-state index in [1.54, 1.807) is 24.7 Å². The number of hydrogen-bond donors (Lipinski definition) is 1. The van der Waals surface area contributed by atoms with Crippen molar-refractivity contribution >= 4 is 22.9 Å². The van der Waals surface area contributed by atoms with Crippen LogP contribution >= 0.6 is 11.3 Å². The quantitative estimate of drug-likeness (QED) is 0.643. The van der Waals surface area contributed by atoms with Crippen LogP contribution in [0.4, 0.5) is 5.69 Å².